The fourth-order valence-electron chi connectivity index (χ4n) is 3.31. The highest BCUT2D eigenvalue weighted by molar-refractivity contribution is 5.80. The van der Waals surface area contributed by atoms with Crippen LogP contribution in [0.5, 0.6) is 0 Å². The number of carboxylic acids is 1. The molecule has 0 bridgehead atoms. The van der Waals surface area contributed by atoms with Crippen molar-refractivity contribution in [3.05, 3.63) is 35.4 Å². The highest BCUT2D eigenvalue weighted by Gasteiger charge is 2.44. The number of benzene rings is 1. The average Bonchev–Trinajstić information content (AvgIpc) is 3.26. The van der Waals surface area contributed by atoms with Gasteiger partial charge in [0.1, 0.15) is 0 Å². The van der Waals surface area contributed by atoms with E-state index in [-0.39, 0.29) is 18.0 Å². The molecule has 1 aromatic carbocycles. The Morgan fingerprint density at radius 3 is 2.43 bits per heavy atom. The van der Waals surface area contributed by atoms with E-state index in [9.17, 15) is 14.7 Å². The van der Waals surface area contributed by atoms with Gasteiger partial charge in [0, 0.05) is 12.5 Å². The molecular formula is C17H21NO3. The number of carboxylic acid groups (broad SMARTS) is 1. The molecule has 4 nitrogen and oxygen atoms in total. The van der Waals surface area contributed by atoms with Crippen molar-refractivity contribution >= 4 is 11.9 Å². The second-order valence-corrected chi connectivity index (χ2v) is 6.22. The first-order valence-electron chi connectivity index (χ1n) is 7.68. The fraction of sp³-hybridized carbons (Fsp3) is 0.529. The van der Waals surface area contributed by atoms with Crippen molar-refractivity contribution in [1.82, 2.24) is 4.90 Å². The van der Waals surface area contributed by atoms with Gasteiger partial charge in [0.2, 0.25) is 5.91 Å². The monoisotopic (exact) mass is 287 g/mol. The average molecular weight is 287 g/mol. The lowest BCUT2D eigenvalue weighted by molar-refractivity contribution is -0.146. The summed E-state index contributed by atoms with van der Waals surface area (Å²) in [6, 6.07) is 7.87. The summed E-state index contributed by atoms with van der Waals surface area (Å²) in [5.41, 5.74) is 2.10. The number of carbonyl (C=O) groups excluding carboxylic acids is 1. The zero-order valence-electron chi connectivity index (χ0n) is 12.3. The SMILES string of the molecule is Cc1ccc(C2C(C(=O)O)CCCC(=O)N2C2CC2)cc1. The predicted molar refractivity (Wildman–Crippen MR) is 78.8 cm³/mol. The molecule has 1 saturated carbocycles. The first kappa shape index (κ1) is 14.1. The Morgan fingerprint density at radius 2 is 1.86 bits per heavy atom. The molecular weight excluding hydrogens is 266 g/mol. The maximum atomic E-state index is 12.4. The van der Waals surface area contributed by atoms with Crippen LogP contribution in [-0.4, -0.2) is 27.9 Å². The topological polar surface area (TPSA) is 57.6 Å². The minimum absolute atomic E-state index is 0.117. The maximum Gasteiger partial charge on any atom is 0.308 e. The summed E-state index contributed by atoms with van der Waals surface area (Å²) in [6.07, 6.45) is 3.72. The van der Waals surface area contributed by atoms with Crippen molar-refractivity contribution in [2.75, 3.05) is 0 Å². The van der Waals surface area contributed by atoms with E-state index in [1.54, 1.807) is 0 Å². The molecule has 0 aromatic heterocycles. The van der Waals surface area contributed by atoms with Crippen LogP contribution in [0.15, 0.2) is 24.3 Å². The Labute approximate surface area is 124 Å². The Balaban J connectivity index is 2.03. The molecule has 1 amide bonds. The largest absolute Gasteiger partial charge is 0.481 e. The second kappa shape index (κ2) is 5.51. The summed E-state index contributed by atoms with van der Waals surface area (Å²) in [5.74, 6) is -1.17. The number of amides is 1. The van der Waals surface area contributed by atoms with Crippen LogP contribution in [0, 0.1) is 12.8 Å². The van der Waals surface area contributed by atoms with E-state index in [1.807, 2.05) is 36.1 Å². The predicted octanol–water partition coefficient (Wildman–Crippen LogP) is 2.91. The Bertz CT molecular complexity index is 548. The zero-order valence-corrected chi connectivity index (χ0v) is 12.3. The van der Waals surface area contributed by atoms with Crippen LogP contribution in [0.4, 0.5) is 0 Å². The van der Waals surface area contributed by atoms with Crippen LogP contribution in [-0.2, 0) is 9.59 Å². The highest BCUT2D eigenvalue weighted by atomic mass is 16.4. The summed E-state index contributed by atoms with van der Waals surface area (Å²) < 4.78 is 0. The summed E-state index contributed by atoms with van der Waals surface area (Å²) in [4.78, 5) is 26.0. The van der Waals surface area contributed by atoms with Crippen molar-refractivity contribution < 1.29 is 14.7 Å². The van der Waals surface area contributed by atoms with E-state index in [0.29, 0.717) is 19.3 Å². The lowest BCUT2D eigenvalue weighted by Gasteiger charge is -2.34. The fourth-order valence-corrected chi connectivity index (χ4v) is 3.31. The molecule has 1 saturated heterocycles. The Morgan fingerprint density at radius 1 is 1.19 bits per heavy atom. The van der Waals surface area contributed by atoms with Crippen molar-refractivity contribution in [2.24, 2.45) is 5.92 Å². The lowest BCUT2D eigenvalue weighted by Crippen LogP contribution is -2.40. The molecule has 2 fully saturated rings. The van der Waals surface area contributed by atoms with Gasteiger partial charge in [-0.1, -0.05) is 29.8 Å². The molecule has 1 aliphatic heterocycles. The molecule has 1 aliphatic carbocycles. The van der Waals surface area contributed by atoms with Gasteiger partial charge in [0.25, 0.3) is 0 Å². The van der Waals surface area contributed by atoms with Crippen molar-refractivity contribution in [3.8, 4) is 0 Å². The first-order valence-corrected chi connectivity index (χ1v) is 7.68. The van der Waals surface area contributed by atoms with E-state index in [4.69, 9.17) is 0 Å². The van der Waals surface area contributed by atoms with Gasteiger partial charge >= 0.3 is 5.97 Å². The second-order valence-electron chi connectivity index (χ2n) is 6.22. The lowest BCUT2D eigenvalue weighted by atomic mass is 9.88. The number of aryl methyl sites for hydroxylation is 1. The number of aliphatic carboxylic acids is 1. The van der Waals surface area contributed by atoms with E-state index < -0.39 is 11.9 Å². The summed E-state index contributed by atoms with van der Waals surface area (Å²) in [5, 5.41) is 9.62. The molecule has 21 heavy (non-hydrogen) atoms. The van der Waals surface area contributed by atoms with Crippen LogP contribution >= 0.6 is 0 Å². The van der Waals surface area contributed by atoms with E-state index in [2.05, 4.69) is 0 Å². The van der Waals surface area contributed by atoms with Gasteiger partial charge in [-0.3, -0.25) is 9.59 Å². The van der Waals surface area contributed by atoms with Gasteiger partial charge < -0.3 is 10.0 Å². The van der Waals surface area contributed by atoms with Crippen molar-refractivity contribution in [2.45, 2.75) is 51.1 Å². The van der Waals surface area contributed by atoms with Crippen LogP contribution in [0.3, 0.4) is 0 Å². The molecule has 2 unspecified atom stereocenters. The van der Waals surface area contributed by atoms with E-state index in [1.165, 1.54) is 0 Å². The molecule has 0 spiro atoms. The number of likely N-dealkylation sites (tertiary alicyclic amines) is 1. The molecule has 3 rings (SSSR count). The van der Waals surface area contributed by atoms with Gasteiger partial charge in [0.05, 0.1) is 12.0 Å². The number of carbonyl (C=O) groups is 2. The third-order valence-electron chi connectivity index (χ3n) is 4.55. The van der Waals surface area contributed by atoms with Gasteiger partial charge in [-0.15, -0.1) is 0 Å². The highest BCUT2D eigenvalue weighted by Crippen LogP contribution is 2.42. The number of nitrogens with zero attached hydrogens (tertiary/aromatic N) is 1. The van der Waals surface area contributed by atoms with Gasteiger partial charge in [-0.05, 0) is 38.2 Å². The third-order valence-corrected chi connectivity index (χ3v) is 4.55. The smallest absolute Gasteiger partial charge is 0.308 e. The van der Waals surface area contributed by atoms with Crippen LogP contribution in [0.1, 0.15) is 49.3 Å². The molecule has 2 aliphatic rings. The molecule has 1 aromatic rings. The van der Waals surface area contributed by atoms with Crippen LogP contribution in [0.25, 0.3) is 0 Å². The normalized spacial score (nSPS) is 26.5. The Kier molecular flexibility index (Phi) is 3.70. The molecule has 1 N–H and O–H groups in total. The summed E-state index contributed by atoms with van der Waals surface area (Å²) in [7, 11) is 0. The number of rotatable bonds is 3. The van der Waals surface area contributed by atoms with Gasteiger partial charge in [-0.25, -0.2) is 0 Å². The maximum absolute atomic E-state index is 12.4. The Hall–Kier alpha value is -1.84. The minimum atomic E-state index is -0.791. The van der Waals surface area contributed by atoms with Gasteiger partial charge in [0.15, 0.2) is 0 Å². The van der Waals surface area contributed by atoms with Crippen molar-refractivity contribution in [3.63, 3.8) is 0 Å². The molecule has 0 radical (unpaired) electrons. The summed E-state index contributed by atoms with van der Waals surface area (Å²) in [6.45, 7) is 2.01. The molecule has 112 valence electrons. The van der Waals surface area contributed by atoms with E-state index in [0.717, 1.165) is 24.0 Å². The third kappa shape index (κ3) is 2.80. The summed E-state index contributed by atoms with van der Waals surface area (Å²) >= 11 is 0. The zero-order chi connectivity index (χ0) is 15.0. The number of hydrogen-bond acceptors (Lipinski definition) is 2. The van der Waals surface area contributed by atoms with Crippen LogP contribution < -0.4 is 0 Å². The van der Waals surface area contributed by atoms with E-state index >= 15 is 0 Å². The first-order chi connectivity index (χ1) is 10.1. The molecule has 1 heterocycles. The standard InChI is InChI=1S/C17H21NO3/c1-11-5-7-12(8-6-11)16-14(17(20)21)3-2-4-15(19)18(16)13-9-10-13/h5-8,13-14,16H,2-4,9-10H2,1H3,(H,20,21). The quantitative estimate of drug-likeness (QED) is 0.930. The van der Waals surface area contributed by atoms with Crippen LogP contribution in [0.2, 0.25) is 0 Å². The number of hydrogen-bond donors (Lipinski definition) is 1. The van der Waals surface area contributed by atoms with Crippen molar-refractivity contribution in [1.29, 1.82) is 0 Å². The molecule has 2 atom stereocenters. The molecule has 4 heteroatoms. The van der Waals surface area contributed by atoms with Gasteiger partial charge in [-0.2, -0.15) is 0 Å². The minimum Gasteiger partial charge on any atom is -0.481 e.